The summed E-state index contributed by atoms with van der Waals surface area (Å²) in [5, 5.41) is 12.5. The highest BCUT2D eigenvalue weighted by Crippen LogP contribution is 2.30. The number of carbonyl (C=O) groups excluding carboxylic acids is 1. The van der Waals surface area contributed by atoms with Gasteiger partial charge in [0.25, 0.3) is 0 Å². The van der Waals surface area contributed by atoms with Crippen molar-refractivity contribution in [3.8, 4) is 0 Å². The van der Waals surface area contributed by atoms with Gasteiger partial charge in [-0.1, -0.05) is 0 Å². The number of halogens is 3. The Hall–Kier alpha value is -1.12. The van der Waals surface area contributed by atoms with Gasteiger partial charge in [-0.05, 0) is 25.5 Å². The number of aliphatic carboxylic acids is 1. The van der Waals surface area contributed by atoms with Crippen LogP contribution in [0.4, 0.5) is 18.0 Å². The second-order valence-electron chi connectivity index (χ2n) is 4.44. The molecule has 1 aliphatic heterocycles. The Bertz CT molecular complexity index is 358. The van der Waals surface area contributed by atoms with Gasteiger partial charge < -0.3 is 15.7 Å². The number of hydrogen-bond acceptors (Lipinski definition) is 3. The molecule has 1 heterocycles. The van der Waals surface area contributed by atoms with E-state index in [2.05, 4.69) is 5.32 Å². The number of nitrogens with one attached hydrogen (secondary N) is 2. The third-order valence-electron chi connectivity index (χ3n) is 2.85. The standard InChI is InChI=1S/C10H15F3N2O3S/c1-9(7(16)17,10(11,12)13)15-8(18)14-6-3-2-4-19-5-6/h6H,2-5H2,1H3,(H,16,17)(H2,14,15,18). The molecule has 0 saturated carbocycles. The lowest BCUT2D eigenvalue weighted by molar-refractivity contribution is -0.203. The van der Waals surface area contributed by atoms with Crippen molar-refractivity contribution in [1.82, 2.24) is 10.6 Å². The van der Waals surface area contributed by atoms with Crippen LogP contribution < -0.4 is 10.6 Å². The normalized spacial score (nSPS) is 23.3. The van der Waals surface area contributed by atoms with Crippen molar-refractivity contribution >= 4 is 23.8 Å². The average molecular weight is 300 g/mol. The van der Waals surface area contributed by atoms with Gasteiger partial charge in [-0.15, -0.1) is 0 Å². The number of alkyl halides is 3. The molecule has 0 aliphatic carbocycles. The lowest BCUT2D eigenvalue weighted by Crippen LogP contribution is -2.64. The van der Waals surface area contributed by atoms with Crippen LogP contribution >= 0.6 is 11.8 Å². The smallest absolute Gasteiger partial charge is 0.422 e. The van der Waals surface area contributed by atoms with Gasteiger partial charge in [0.1, 0.15) is 0 Å². The molecule has 0 aromatic heterocycles. The summed E-state index contributed by atoms with van der Waals surface area (Å²) in [7, 11) is 0. The molecule has 1 rings (SSSR count). The van der Waals surface area contributed by atoms with Gasteiger partial charge in [0, 0.05) is 11.8 Å². The largest absolute Gasteiger partial charge is 0.479 e. The Morgan fingerprint density at radius 3 is 2.42 bits per heavy atom. The molecule has 0 bridgehead atoms. The third-order valence-corrected chi connectivity index (χ3v) is 4.07. The van der Waals surface area contributed by atoms with Crippen molar-refractivity contribution in [2.75, 3.05) is 11.5 Å². The van der Waals surface area contributed by atoms with Crippen molar-refractivity contribution in [2.45, 2.75) is 37.5 Å². The Kier molecular flexibility index (Phi) is 4.94. The highest BCUT2D eigenvalue weighted by atomic mass is 32.2. The van der Waals surface area contributed by atoms with E-state index in [0.29, 0.717) is 19.1 Å². The van der Waals surface area contributed by atoms with Crippen LogP contribution in [0, 0.1) is 0 Å². The molecule has 0 aromatic carbocycles. The zero-order chi connectivity index (χ0) is 14.7. The van der Waals surface area contributed by atoms with E-state index < -0.39 is 23.7 Å². The minimum absolute atomic E-state index is 0.231. The lowest BCUT2D eigenvalue weighted by atomic mass is 10.0. The van der Waals surface area contributed by atoms with Crippen molar-refractivity contribution in [1.29, 1.82) is 0 Å². The van der Waals surface area contributed by atoms with E-state index in [1.54, 1.807) is 11.8 Å². The maximum Gasteiger partial charge on any atom is 0.422 e. The van der Waals surface area contributed by atoms with Crippen LogP contribution in [0.5, 0.6) is 0 Å². The molecule has 0 radical (unpaired) electrons. The monoisotopic (exact) mass is 300 g/mol. The number of urea groups is 1. The van der Waals surface area contributed by atoms with E-state index >= 15 is 0 Å². The summed E-state index contributed by atoms with van der Waals surface area (Å²) < 4.78 is 38.0. The Balaban J connectivity index is 2.64. The molecule has 2 amide bonds. The lowest BCUT2D eigenvalue weighted by Gasteiger charge is -2.30. The van der Waals surface area contributed by atoms with Crippen LogP contribution in [0.1, 0.15) is 19.8 Å². The highest BCUT2D eigenvalue weighted by Gasteiger charge is 2.58. The van der Waals surface area contributed by atoms with Crippen LogP contribution in [-0.4, -0.2) is 46.4 Å². The van der Waals surface area contributed by atoms with Crippen LogP contribution in [-0.2, 0) is 4.79 Å². The van der Waals surface area contributed by atoms with E-state index in [9.17, 15) is 22.8 Å². The summed E-state index contributed by atoms with van der Waals surface area (Å²) in [6.07, 6.45) is -3.53. The molecule has 0 spiro atoms. The van der Waals surface area contributed by atoms with Crippen molar-refractivity contribution in [2.24, 2.45) is 0 Å². The molecule has 2 unspecified atom stereocenters. The van der Waals surface area contributed by atoms with Crippen LogP contribution in [0.2, 0.25) is 0 Å². The molecule has 1 fully saturated rings. The SMILES string of the molecule is CC(NC(=O)NC1CCCSC1)(C(=O)O)C(F)(F)F. The molecular formula is C10H15F3N2O3S. The van der Waals surface area contributed by atoms with E-state index in [0.717, 1.165) is 12.2 Å². The third kappa shape index (κ3) is 3.92. The number of carboxylic acids is 1. The summed E-state index contributed by atoms with van der Waals surface area (Å²) in [5.74, 6) is -0.577. The number of carboxylic acid groups (broad SMARTS) is 1. The molecule has 1 aliphatic rings. The van der Waals surface area contributed by atoms with Gasteiger partial charge in [-0.25, -0.2) is 9.59 Å². The van der Waals surface area contributed by atoms with Gasteiger partial charge in [0.2, 0.25) is 5.54 Å². The van der Waals surface area contributed by atoms with Gasteiger partial charge in [-0.2, -0.15) is 24.9 Å². The fourth-order valence-corrected chi connectivity index (χ4v) is 2.62. The fraction of sp³-hybridized carbons (Fsp3) is 0.800. The Morgan fingerprint density at radius 1 is 1.37 bits per heavy atom. The van der Waals surface area contributed by atoms with Crippen LogP contribution in [0.15, 0.2) is 0 Å². The van der Waals surface area contributed by atoms with E-state index in [4.69, 9.17) is 5.11 Å². The summed E-state index contributed by atoms with van der Waals surface area (Å²) in [6, 6.07) is -1.35. The quantitative estimate of drug-likeness (QED) is 0.739. The first-order valence-corrected chi connectivity index (χ1v) is 6.79. The maximum absolute atomic E-state index is 12.7. The van der Waals surface area contributed by atoms with Gasteiger partial charge >= 0.3 is 18.2 Å². The maximum atomic E-state index is 12.7. The molecule has 9 heteroatoms. The highest BCUT2D eigenvalue weighted by molar-refractivity contribution is 7.99. The molecule has 5 nitrogen and oxygen atoms in total. The summed E-state index contributed by atoms with van der Waals surface area (Å²) in [4.78, 5) is 22.2. The number of thioether (sulfide) groups is 1. The van der Waals surface area contributed by atoms with E-state index in [1.165, 1.54) is 5.32 Å². The first-order valence-electron chi connectivity index (χ1n) is 5.63. The van der Waals surface area contributed by atoms with Crippen LogP contribution in [0.25, 0.3) is 0 Å². The van der Waals surface area contributed by atoms with Gasteiger partial charge in [-0.3, -0.25) is 0 Å². The Labute approximate surface area is 112 Å². The molecule has 0 aromatic rings. The molecule has 19 heavy (non-hydrogen) atoms. The average Bonchev–Trinajstić information content (AvgIpc) is 2.28. The molecule has 1 saturated heterocycles. The minimum atomic E-state index is -5.07. The number of amides is 2. The number of rotatable bonds is 3. The topological polar surface area (TPSA) is 78.4 Å². The first kappa shape index (κ1) is 15.9. The van der Waals surface area contributed by atoms with E-state index in [-0.39, 0.29) is 6.04 Å². The number of hydrogen-bond donors (Lipinski definition) is 3. The van der Waals surface area contributed by atoms with Crippen molar-refractivity contribution in [3.63, 3.8) is 0 Å². The summed E-state index contributed by atoms with van der Waals surface area (Å²) in [5.41, 5.74) is -3.29. The van der Waals surface area contributed by atoms with Gasteiger partial charge in [0.05, 0.1) is 0 Å². The van der Waals surface area contributed by atoms with Gasteiger partial charge in [0.15, 0.2) is 0 Å². The number of carbonyl (C=O) groups is 2. The fourth-order valence-electron chi connectivity index (χ4n) is 1.55. The van der Waals surface area contributed by atoms with Crippen molar-refractivity contribution in [3.05, 3.63) is 0 Å². The zero-order valence-electron chi connectivity index (χ0n) is 10.2. The second kappa shape index (κ2) is 5.89. The van der Waals surface area contributed by atoms with E-state index in [1.807, 2.05) is 0 Å². The first-order chi connectivity index (χ1) is 8.67. The predicted molar refractivity (Wildman–Crippen MR) is 64.1 cm³/mol. The summed E-state index contributed by atoms with van der Waals surface area (Å²) >= 11 is 1.59. The molecular weight excluding hydrogens is 285 g/mol. The summed E-state index contributed by atoms with van der Waals surface area (Å²) in [6.45, 7) is 0.421. The zero-order valence-corrected chi connectivity index (χ0v) is 11.0. The van der Waals surface area contributed by atoms with Crippen molar-refractivity contribution < 1.29 is 27.9 Å². The predicted octanol–water partition coefficient (Wildman–Crippen LogP) is 1.59. The molecule has 2 atom stereocenters. The second-order valence-corrected chi connectivity index (χ2v) is 5.59. The molecule has 3 N–H and O–H groups in total. The minimum Gasteiger partial charge on any atom is -0.479 e. The Morgan fingerprint density at radius 2 is 2.00 bits per heavy atom. The van der Waals surface area contributed by atoms with Crippen LogP contribution in [0.3, 0.4) is 0 Å². The molecule has 110 valence electrons.